The SMILES string of the molecule is O=C(C[n+]1ccc2ccccc2c1)c1ccccc1O.[Br-]. The van der Waals surface area contributed by atoms with Crippen LogP contribution in [0, 0.1) is 0 Å². The molecule has 0 aliphatic carbocycles. The number of phenols is 1. The van der Waals surface area contributed by atoms with E-state index in [0.29, 0.717) is 5.56 Å². The average Bonchev–Trinajstić information content (AvgIpc) is 2.47. The molecule has 0 aliphatic heterocycles. The lowest BCUT2D eigenvalue weighted by atomic mass is 10.1. The number of carbonyl (C=O) groups excluding carboxylic acids is 1. The van der Waals surface area contributed by atoms with Crippen LogP contribution < -0.4 is 21.5 Å². The molecule has 0 bridgehead atoms. The number of ketones is 1. The zero-order chi connectivity index (χ0) is 13.9. The predicted octanol–water partition coefficient (Wildman–Crippen LogP) is -0.280. The number of hydrogen-bond acceptors (Lipinski definition) is 2. The Hall–Kier alpha value is -2.20. The van der Waals surface area contributed by atoms with Gasteiger partial charge in [-0.25, -0.2) is 0 Å². The van der Waals surface area contributed by atoms with E-state index in [1.165, 1.54) is 6.07 Å². The fraction of sp³-hybridized carbons (Fsp3) is 0.0588. The van der Waals surface area contributed by atoms with Gasteiger partial charge >= 0.3 is 0 Å². The van der Waals surface area contributed by atoms with Crippen molar-refractivity contribution in [2.24, 2.45) is 0 Å². The van der Waals surface area contributed by atoms with E-state index in [1.54, 1.807) is 18.2 Å². The quantitative estimate of drug-likeness (QED) is 0.525. The molecule has 0 fully saturated rings. The van der Waals surface area contributed by atoms with Gasteiger partial charge in [-0.15, -0.1) is 0 Å². The van der Waals surface area contributed by atoms with Crippen molar-refractivity contribution in [2.45, 2.75) is 6.54 Å². The first-order valence-electron chi connectivity index (χ1n) is 6.43. The van der Waals surface area contributed by atoms with Gasteiger partial charge in [0.2, 0.25) is 12.3 Å². The van der Waals surface area contributed by atoms with E-state index in [2.05, 4.69) is 0 Å². The van der Waals surface area contributed by atoms with Crippen LogP contribution in [0.4, 0.5) is 0 Å². The lowest BCUT2D eigenvalue weighted by Gasteiger charge is -2.02. The maximum absolute atomic E-state index is 12.2. The number of nitrogens with zero attached hydrogens (tertiary/aromatic N) is 1. The summed E-state index contributed by atoms with van der Waals surface area (Å²) in [7, 11) is 0. The van der Waals surface area contributed by atoms with E-state index >= 15 is 0 Å². The number of pyridine rings is 1. The number of aromatic nitrogens is 1. The summed E-state index contributed by atoms with van der Waals surface area (Å²) >= 11 is 0. The van der Waals surface area contributed by atoms with Crippen molar-refractivity contribution < 1.29 is 31.4 Å². The topological polar surface area (TPSA) is 41.2 Å². The maximum atomic E-state index is 12.2. The molecule has 0 spiro atoms. The Morgan fingerprint density at radius 1 is 0.952 bits per heavy atom. The standard InChI is InChI=1S/C17H13NO2.BrH/c19-16-8-4-3-7-15(16)17(20)12-18-10-9-13-5-1-2-6-14(13)11-18;/h1-11H,12H2;1H. The zero-order valence-corrected chi connectivity index (χ0v) is 12.8. The Balaban J connectivity index is 0.00000161. The smallest absolute Gasteiger partial charge is 0.231 e. The molecular formula is C17H14BrNO2. The Labute approximate surface area is 133 Å². The number of phenolic OH excluding ortho intramolecular Hbond substituents is 1. The van der Waals surface area contributed by atoms with Gasteiger partial charge in [-0.2, -0.15) is 4.57 Å². The molecule has 1 N–H and O–H groups in total. The highest BCUT2D eigenvalue weighted by molar-refractivity contribution is 5.97. The summed E-state index contributed by atoms with van der Waals surface area (Å²) in [5.74, 6) is -0.0812. The molecule has 1 aromatic heterocycles. The normalized spacial score (nSPS) is 10.1. The van der Waals surface area contributed by atoms with Crippen LogP contribution in [-0.2, 0) is 6.54 Å². The lowest BCUT2D eigenvalue weighted by Crippen LogP contribution is -3.00. The molecule has 3 rings (SSSR count). The second-order valence-electron chi connectivity index (χ2n) is 4.69. The molecule has 0 unspecified atom stereocenters. The van der Waals surface area contributed by atoms with Crippen LogP contribution >= 0.6 is 0 Å². The highest BCUT2D eigenvalue weighted by atomic mass is 79.9. The molecule has 2 aromatic carbocycles. The molecule has 0 radical (unpaired) electrons. The van der Waals surface area contributed by atoms with Gasteiger partial charge in [-0.05, 0) is 23.6 Å². The monoisotopic (exact) mass is 343 g/mol. The Morgan fingerprint density at radius 3 is 2.38 bits per heavy atom. The minimum Gasteiger partial charge on any atom is -1.00 e. The largest absolute Gasteiger partial charge is 1.00 e. The molecule has 3 aromatic rings. The number of para-hydroxylation sites is 1. The van der Waals surface area contributed by atoms with Gasteiger partial charge in [0.1, 0.15) is 5.75 Å². The number of benzene rings is 2. The second-order valence-corrected chi connectivity index (χ2v) is 4.69. The summed E-state index contributed by atoms with van der Waals surface area (Å²) in [6, 6.07) is 16.6. The zero-order valence-electron chi connectivity index (χ0n) is 11.2. The van der Waals surface area contributed by atoms with Gasteiger partial charge < -0.3 is 22.1 Å². The van der Waals surface area contributed by atoms with Crippen LogP contribution in [0.25, 0.3) is 10.8 Å². The molecule has 4 heteroatoms. The van der Waals surface area contributed by atoms with Gasteiger partial charge in [-0.1, -0.05) is 30.3 Å². The number of rotatable bonds is 3. The van der Waals surface area contributed by atoms with Crippen LogP contribution in [0.15, 0.2) is 67.0 Å². The van der Waals surface area contributed by atoms with Crippen molar-refractivity contribution in [3.05, 3.63) is 72.6 Å². The molecule has 21 heavy (non-hydrogen) atoms. The Bertz CT molecular complexity index is 786. The second kappa shape index (κ2) is 6.50. The van der Waals surface area contributed by atoms with Gasteiger partial charge in [-0.3, -0.25) is 4.79 Å². The van der Waals surface area contributed by atoms with E-state index in [9.17, 15) is 9.90 Å². The highest BCUT2D eigenvalue weighted by Gasteiger charge is 2.15. The third-order valence-corrected chi connectivity index (χ3v) is 3.28. The molecule has 0 atom stereocenters. The van der Waals surface area contributed by atoms with Gasteiger partial charge in [0, 0.05) is 11.5 Å². The fourth-order valence-electron chi connectivity index (χ4n) is 2.24. The van der Waals surface area contributed by atoms with Crippen molar-refractivity contribution in [3.8, 4) is 5.75 Å². The lowest BCUT2D eigenvalue weighted by molar-refractivity contribution is -0.681. The van der Waals surface area contributed by atoms with Crippen LogP contribution in [0.1, 0.15) is 10.4 Å². The first-order chi connectivity index (χ1) is 9.74. The van der Waals surface area contributed by atoms with Crippen LogP contribution in [0.3, 0.4) is 0 Å². The number of hydrogen-bond donors (Lipinski definition) is 1. The predicted molar refractivity (Wildman–Crippen MR) is 76.6 cm³/mol. The number of aromatic hydroxyl groups is 1. The number of Topliss-reactive ketones (excluding diaryl/α,β-unsaturated/α-hetero) is 1. The highest BCUT2D eigenvalue weighted by Crippen LogP contribution is 2.16. The third-order valence-electron chi connectivity index (χ3n) is 3.28. The van der Waals surface area contributed by atoms with Gasteiger partial charge in [0.25, 0.3) is 0 Å². The minimum absolute atomic E-state index is 0. The first-order valence-corrected chi connectivity index (χ1v) is 6.43. The molecule has 0 amide bonds. The molecule has 106 valence electrons. The molecule has 0 saturated carbocycles. The van der Waals surface area contributed by atoms with E-state index < -0.39 is 0 Å². The van der Waals surface area contributed by atoms with Gasteiger partial charge in [0.15, 0.2) is 12.4 Å². The van der Waals surface area contributed by atoms with Crippen molar-refractivity contribution >= 4 is 16.6 Å². The molecule has 0 saturated heterocycles. The number of carbonyl (C=O) groups is 1. The Morgan fingerprint density at radius 2 is 1.62 bits per heavy atom. The van der Waals surface area contributed by atoms with Crippen molar-refractivity contribution in [2.75, 3.05) is 0 Å². The number of halogens is 1. The van der Waals surface area contributed by atoms with Crippen molar-refractivity contribution in [1.82, 2.24) is 0 Å². The summed E-state index contributed by atoms with van der Waals surface area (Å²) < 4.78 is 1.83. The van der Waals surface area contributed by atoms with Crippen molar-refractivity contribution in [1.29, 1.82) is 0 Å². The summed E-state index contributed by atoms with van der Waals surface area (Å²) in [6.45, 7) is 0.211. The summed E-state index contributed by atoms with van der Waals surface area (Å²) in [5, 5.41) is 11.9. The summed E-state index contributed by atoms with van der Waals surface area (Å²) in [5.41, 5.74) is 0.355. The van der Waals surface area contributed by atoms with Crippen LogP contribution in [-0.4, -0.2) is 10.9 Å². The van der Waals surface area contributed by atoms with E-state index in [0.717, 1.165) is 10.8 Å². The minimum atomic E-state index is -0.108. The maximum Gasteiger partial charge on any atom is 0.231 e. The van der Waals surface area contributed by atoms with E-state index in [1.807, 2.05) is 47.3 Å². The Kier molecular flexibility index (Phi) is 4.70. The van der Waals surface area contributed by atoms with Crippen LogP contribution in [0.2, 0.25) is 0 Å². The number of fused-ring (bicyclic) bond motifs is 1. The summed E-state index contributed by atoms with van der Waals surface area (Å²) in [4.78, 5) is 12.2. The average molecular weight is 344 g/mol. The molecule has 1 heterocycles. The molecular weight excluding hydrogens is 330 g/mol. The van der Waals surface area contributed by atoms with Crippen LogP contribution in [0.5, 0.6) is 5.75 Å². The van der Waals surface area contributed by atoms with Crippen molar-refractivity contribution in [3.63, 3.8) is 0 Å². The molecule has 3 nitrogen and oxygen atoms in total. The van der Waals surface area contributed by atoms with Gasteiger partial charge in [0.05, 0.1) is 5.56 Å². The fourth-order valence-corrected chi connectivity index (χ4v) is 2.24. The van der Waals surface area contributed by atoms with E-state index in [4.69, 9.17) is 0 Å². The third kappa shape index (κ3) is 3.28. The van der Waals surface area contributed by atoms with E-state index in [-0.39, 0.29) is 35.1 Å². The molecule has 0 aliphatic rings. The summed E-state index contributed by atoms with van der Waals surface area (Å²) in [6.07, 6.45) is 3.81. The first kappa shape index (κ1) is 15.2.